The molecule has 0 aliphatic heterocycles. The predicted molar refractivity (Wildman–Crippen MR) is 78.0 cm³/mol. The first kappa shape index (κ1) is 16.3. The van der Waals surface area contributed by atoms with E-state index in [1.165, 1.54) is 12.1 Å². The Morgan fingerprint density at radius 1 is 1.15 bits per heavy atom. The number of amides is 2. The number of urea groups is 1. The highest BCUT2D eigenvalue weighted by Gasteiger charge is 2.12. The van der Waals surface area contributed by atoms with Gasteiger partial charge in [-0.25, -0.2) is 17.9 Å². The van der Waals surface area contributed by atoms with Crippen LogP contribution >= 0.6 is 0 Å². The Hall–Kier alpha value is -1.80. The van der Waals surface area contributed by atoms with Gasteiger partial charge in [0.1, 0.15) is 0 Å². The number of sulfonamides is 1. The fourth-order valence-electron chi connectivity index (χ4n) is 1.46. The number of hydrogen-bond donors (Lipinski definition) is 4. The second-order valence-corrected chi connectivity index (χ2v) is 5.91. The molecule has 0 aliphatic carbocycles. The summed E-state index contributed by atoms with van der Waals surface area (Å²) in [7, 11) is -3.43. The van der Waals surface area contributed by atoms with Gasteiger partial charge in [0.25, 0.3) is 0 Å². The van der Waals surface area contributed by atoms with Gasteiger partial charge >= 0.3 is 6.03 Å². The molecule has 7 nitrogen and oxygen atoms in total. The molecule has 8 heteroatoms. The lowest BCUT2D eigenvalue weighted by Crippen LogP contribution is -2.33. The van der Waals surface area contributed by atoms with Crippen molar-refractivity contribution in [1.82, 2.24) is 10.0 Å². The van der Waals surface area contributed by atoms with Gasteiger partial charge in [-0.1, -0.05) is 6.92 Å². The van der Waals surface area contributed by atoms with Crippen molar-refractivity contribution in [3.8, 4) is 0 Å². The number of benzene rings is 1. The van der Waals surface area contributed by atoms with Crippen molar-refractivity contribution >= 4 is 21.7 Å². The maximum Gasteiger partial charge on any atom is 0.312 e. The van der Waals surface area contributed by atoms with Crippen LogP contribution in [0.4, 0.5) is 10.5 Å². The summed E-state index contributed by atoms with van der Waals surface area (Å²) in [5.41, 5.74) is 5.70. The Balaban J connectivity index is 2.53. The quantitative estimate of drug-likeness (QED) is 0.522. The van der Waals surface area contributed by atoms with Crippen LogP contribution in [-0.4, -0.2) is 34.1 Å². The fraction of sp³-hybridized carbons (Fsp3) is 0.417. The van der Waals surface area contributed by atoms with Gasteiger partial charge in [0.15, 0.2) is 0 Å². The topological polar surface area (TPSA) is 113 Å². The van der Waals surface area contributed by atoms with Crippen LogP contribution in [0.5, 0.6) is 0 Å². The molecular weight excluding hydrogens is 280 g/mol. The molecule has 0 saturated carbocycles. The average Bonchev–Trinajstić information content (AvgIpc) is 2.42. The summed E-state index contributed by atoms with van der Waals surface area (Å²) in [5, 5.41) is 5.48. The Morgan fingerprint density at radius 2 is 1.80 bits per heavy atom. The highest BCUT2D eigenvalue weighted by molar-refractivity contribution is 7.89. The predicted octanol–water partition coefficient (Wildman–Crippen LogP) is 0.455. The van der Waals surface area contributed by atoms with Gasteiger partial charge in [-0.15, -0.1) is 0 Å². The maximum atomic E-state index is 11.8. The van der Waals surface area contributed by atoms with Gasteiger partial charge in [-0.2, -0.15) is 0 Å². The van der Waals surface area contributed by atoms with E-state index in [4.69, 9.17) is 5.73 Å². The van der Waals surface area contributed by atoms with Crippen LogP contribution in [0.2, 0.25) is 0 Å². The molecule has 2 amide bonds. The minimum Gasteiger partial charge on any atom is -0.383 e. The summed E-state index contributed by atoms with van der Waals surface area (Å²) in [4.78, 5) is 10.7. The Kier molecular flexibility index (Phi) is 6.26. The third-order valence-electron chi connectivity index (χ3n) is 2.46. The first-order chi connectivity index (χ1) is 9.45. The molecule has 112 valence electrons. The van der Waals surface area contributed by atoms with Crippen LogP contribution in [0.3, 0.4) is 0 Å². The van der Waals surface area contributed by atoms with Crippen molar-refractivity contribution in [2.24, 2.45) is 5.73 Å². The van der Waals surface area contributed by atoms with Gasteiger partial charge in [0.2, 0.25) is 10.0 Å². The fourth-order valence-corrected chi connectivity index (χ4v) is 2.60. The number of anilines is 1. The molecule has 0 atom stereocenters. The molecule has 0 aliphatic rings. The second-order valence-electron chi connectivity index (χ2n) is 4.14. The molecule has 1 rings (SSSR count). The summed E-state index contributed by atoms with van der Waals surface area (Å²) in [5.74, 6) is 0. The number of nitrogens with two attached hydrogens (primary N) is 1. The average molecular weight is 300 g/mol. The molecule has 1 aromatic rings. The molecule has 5 N–H and O–H groups in total. The van der Waals surface area contributed by atoms with Gasteiger partial charge in [-0.3, -0.25) is 0 Å². The van der Waals surface area contributed by atoms with E-state index in [1.807, 2.05) is 6.92 Å². The number of primary amides is 1. The lowest BCUT2D eigenvalue weighted by atomic mass is 10.3. The van der Waals surface area contributed by atoms with Crippen LogP contribution < -0.4 is 21.1 Å². The molecule has 0 unspecified atom stereocenters. The summed E-state index contributed by atoms with van der Waals surface area (Å²) in [6.07, 6.45) is 0.742. The van der Waals surface area contributed by atoms with Crippen LogP contribution in [0.1, 0.15) is 13.3 Å². The third kappa shape index (κ3) is 5.45. The zero-order valence-corrected chi connectivity index (χ0v) is 12.2. The smallest absolute Gasteiger partial charge is 0.312 e. The van der Waals surface area contributed by atoms with E-state index in [2.05, 4.69) is 15.4 Å². The highest BCUT2D eigenvalue weighted by atomic mass is 32.2. The van der Waals surface area contributed by atoms with Gasteiger partial charge in [-0.05, 0) is 30.7 Å². The van der Waals surface area contributed by atoms with E-state index in [0.29, 0.717) is 19.6 Å². The first-order valence-electron chi connectivity index (χ1n) is 6.32. The SMILES string of the molecule is CCCNS(=O)(=O)c1ccc(NCCNC(N)=O)cc1. The second kappa shape index (κ2) is 7.71. The van der Waals surface area contributed by atoms with Gasteiger partial charge in [0, 0.05) is 25.3 Å². The molecule has 0 aromatic heterocycles. The van der Waals surface area contributed by atoms with Crippen LogP contribution in [0, 0.1) is 0 Å². The van der Waals surface area contributed by atoms with Crippen molar-refractivity contribution in [3.63, 3.8) is 0 Å². The summed E-state index contributed by atoms with van der Waals surface area (Å²) in [6.45, 7) is 3.22. The van der Waals surface area contributed by atoms with Crippen LogP contribution in [0.25, 0.3) is 0 Å². The molecule has 0 radical (unpaired) electrons. The Labute approximate surface area is 119 Å². The van der Waals surface area contributed by atoms with Gasteiger partial charge in [0.05, 0.1) is 4.90 Å². The summed E-state index contributed by atoms with van der Waals surface area (Å²) < 4.78 is 26.2. The number of carbonyl (C=O) groups is 1. The lowest BCUT2D eigenvalue weighted by molar-refractivity contribution is 0.249. The van der Waals surface area contributed by atoms with E-state index in [9.17, 15) is 13.2 Å². The van der Waals surface area contributed by atoms with E-state index in [0.717, 1.165) is 12.1 Å². The molecule has 0 heterocycles. The number of carbonyl (C=O) groups excluding carboxylic acids is 1. The standard InChI is InChI=1S/C12H20N4O3S/c1-2-7-16-20(18,19)11-5-3-10(4-6-11)14-8-9-15-12(13)17/h3-6,14,16H,2,7-9H2,1H3,(H3,13,15,17). The van der Waals surface area contributed by atoms with E-state index in [1.54, 1.807) is 12.1 Å². The van der Waals surface area contributed by atoms with Crippen molar-refractivity contribution < 1.29 is 13.2 Å². The Morgan fingerprint density at radius 3 is 2.35 bits per heavy atom. The molecule has 0 bridgehead atoms. The minimum atomic E-state index is -3.43. The normalized spacial score (nSPS) is 11.1. The number of nitrogens with one attached hydrogen (secondary N) is 3. The minimum absolute atomic E-state index is 0.228. The molecule has 20 heavy (non-hydrogen) atoms. The zero-order chi connectivity index (χ0) is 15.0. The largest absolute Gasteiger partial charge is 0.383 e. The van der Waals surface area contributed by atoms with Crippen molar-refractivity contribution in [2.45, 2.75) is 18.2 Å². The van der Waals surface area contributed by atoms with Crippen molar-refractivity contribution in [2.75, 3.05) is 25.0 Å². The molecule has 0 saturated heterocycles. The Bertz CT molecular complexity index is 528. The van der Waals surface area contributed by atoms with Crippen molar-refractivity contribution in [1.29, 1.82) is 0 Å². The molecular formula is C12H20N4O3S. The zero-order valence-electron chi connectivity index (χ0n) is 11.3. The van der Waals surface area contributed by atoms with Gasteiger partial charge < -0.3 is 16.4 Å². The maximum absolute atomic E-state index is 11.8. The summed E-state index contributed by atoms with van der Waals surface area (Å²) >= 11 is 0. The van der Waals surface area contributed by atoms with Crippen LogP contribution in [0.15, 0.2) is 29.2 Å². The third-order valence-corrected chi connectivity index (χ3v) is 3.94. The number of hydrogen-bond acceptors (Lipinski definition) is 4. The first-order valence-corrected chi connectivity index (χ1v) is 7.81. The number of rotatable bonds is 8. The molecule has 0 fully saturated rings. The van der Waals surface area contributed by atoms with Crippen LogP contribution in [-0.2, 0) is 10.0 Å². The molecule has 0 spiro atoms. The van der Waals surface area contributed by atoms with E-state index in [-0.39, 0.29) is 4.90 Å². The lowest BCUT2D eigenvalue weighted by Gasteiger charge is -2.09. The molecule has 1 aromatic carbocycles. The van der Waals surface area contributed by atoms with Crippen molar-refractivity contribution in [3.05, 3.63) is 24.3 Å². The van der Waals surface area contributed by atoms with E-state index < -0.39 is 16.1 Å². The highest BCUT2D eigenvalue weighted by Crippen LogP contribution is 2.13. The monoisotopic (exact) mass is 300 g/mol. The van der Waals surface area contributed by atoms with E-state index >= 15 is 0 Å². The summed E-state index contributed by atoms with van der Waals surface area (Å²) in [6, 6.07) is 5.83.